The number of H-pyrrole nitrogens is 1. The number of sulfonamides is 1. The van der Waals surface area contributed by atoms with E-state index in [0.29, 0.717) is 43.6 Å². The maximum atomic E-state index is 12.9. The van der Waals surface area contributed by atoms with Gasteiger partial charge in [0.15, 0.2) is 5.82 Å². The summed E-state index contributed by atoms with van der Waals surface area (Å²) in [6.07, 6.45) is 5.88. The van der Waals surface area contributed by atoms with E-state index in [4.69, 9.17) is 0 Å². The van der Waals surface area contributed by atoms with Gasteiger partial charge in [-0.2, -0.15) is 9.40 Å². The summed E-state index contributed by atoms with van der Waals surface area (Å²) in [5.74, 6) is 2.68. The highest BCUT2D eigenvalue weighted by atomic mass is 32.2. The average Bonchev–Trinajstić information content (AvgIpc) is 3.26. The van der Waals surface area contributed by atoms with Crippen LogP contribution in [0, 0.1) is 0 Å². The fourth-order valence-corrected chi connectivity index (χ4v) is 5.90. The lowest BCUT2D eigenvalue weighted by Gasteiger charge is -2.31. The first kappa shape index (κ1) is 19.7. The van der Waals surface area contributed by atoms with Crippen molar-refractivity contribution < 1.29 is 13.2 Å². The summed E-state index contributed by atoms with van der Waals surface area (Å²) in [5, 5.41) is 7.43. The van der Waals surface area contributed by atoms with E-state index in [-0.39, 0.29) is 10.8 Å². The number of benzene rings is 1. The molecule has 2 aliphatic heterocycles. The van der Waals surface area contributed by atoms with Crippen LogP contribution in [0.3, 0.4) is 0 Å². The normalized spacial score (nSPS) is 21.3. The molecule has 2 saturated heterocycles. The predicted molar refractivity (Wildman–Crippen MR) is 111 cm³/mol. The van der Waals surface area contributed by atoms with Crippen LogP contribution in [0.2, 0.25) is 0 Å². The van der Waals surface area contributed by atoms with Crippen LogP contribution in [0.5, 0.6) is 0 Å². The Bertz CT molecular complexity index is 1020. The Morgan fingerprint density at radius 1 is 0.933 bits per heavy atom. The van der Waals surface area contributed by atoms with Crippen LogP contribution in [0.25, 0.3) is 0 Å². The van der Waals surface area contributed by atoms with Gasteiger partial charge in [-0.15, -0.1) is 0 Å². The van der Waals surface area contributed by atoms with Crippen molar-refractivity contribution in [1.29, 1.82) is 0 Å². The summed E-state index contributed by atoms with van der Waals surface area (Å²) in [7, 11) is -3.45. The third-order valence-electron chi connectivity index (χ3n) is 6.44. The number of piperidine rings is 1. The molecule has 3 fully saturated rings. The molecule has 3 aliphatic rings. The topological polar surface area (TPSA) is 99.3 Å². The average molecular weight is 430 g/mol. The summed E-state index contributed by atoms with van der Waals surface area (Å²) < 4.78 is 26.8. The summed E-state index contributed by atoms with van der Waals surface area (Å²) in [6.45, 7) is 2.48. The third kappa shape index (κ3) is 3.76. The molecule has 0 atom stereocenters. The van der Waals surface area contributed by atoms with Crippen molar-refractivity contribution in [2.75, 3.05) is 26.2 Å². The fourth-order valence-electron chi connectivity index (χ4n) is 4.38. The van der Waals surface area contributed by atoms with Gasteiger partial charge in [0.2, 0.25) is 10.0 Å². The Hall–Kier alpha value is -2.26. The quantitative estimate of drug-likeness (QED) is 0.787. The standard InChI is InChI=1S/C21H27N5O3S/c27-21(17-5-7-18(8-6-17)30(28,29)26-11-1-2-12-26)25-13-9-16(10-14-25)20-22-19(23-24-20)15-3-4-15/h5-8,15-16H,1-4,9-14H2,(H,22,23,24). The maximum absolute atomic E-state index is 12.9. The monoisotopic (exact) mass is 429 g/mol. The molecule has 0 spiro atoms. The molecule has 1 amide bonds. The van der Waals surface area contributed by atoms with Gasteiger partial charge in [0.05, 0.1) is 4.90 Å². The van der Waals surface area contributed by atoms with Gasteiger partial charge in [0.25, 0.3) is 5.91 Å². The molecule has 8 nitrogen and oxygen atoms in total. The van der Waals surface area contributed by atoms with Gasteiger partial charge in [-0.05, 0) is 62.8 Å². The zero-order valence-corrected chi connectivity index (χ0v) is 17.8. The number of rotatable bonds is 5. The molecule has 1 aromatic heterocycles. The highest BCUT2D eigenvalue weighted by molar-refractivity contribution is 7.89. The number of nitrogens with one attached hydrogen (secondary N) is 1. The number of carbonyl (C=O) groups is 1. The van der Waals surface area contributed by atoms with Crippen molar-refractivity contribution in [3.8, 4) is 0 Å². The van der Waals surface area contributed by atoms with E-state index in [1.807, 2.05) is 4.90 Å². The Balaban J connectivity index is 1.21. The van der Waals surface area contributed by atoms with Crippen LogP contribution in [0.4, 0.5) is 0 Å². The molecule has 5 rings (SSSR count). The number of amides is 1. The molecular weight excluding hydrogens is 402 g/mol. The second kappa shape index (κ2) is 7.77. The molecule has 1 N–H and O–H groups in total. The summed E-state index contributed by atoms with van der Waals surface area (Å²) >= 11 is 0. The maximum Gasteiger partial charge on any atom is 0.253 e. The van der Waals surface area contributed by atoms with Gasteiger partial charge < -0.3 is 4.90 Å². The molecule has 2 aromatic rings. The van der Waals surface area contributed by atoms with E-state index >= 15 is 0 Å². The number of likely N-dealkylation sites (tertiary alicyclic amines) is 1. The molecule has 160 valence electrons. The zero-order chi connectivity index (χ0) is 20.7. The second-order valence-corrected chi connectivity index (χ2v) is 10.5. The minimum absolute atomic E-state index is 0.0465. The van der Waals surface area contributed by atoms with E-state index in [1.54, 1.807) is 24.3 Å². The van der Waals surface area contributed by atoms with Gasteiger partial charge in [-0.3, -0.25) is 9.89 Å². The van der Waals surface area contributed by atoms with E-state index in [0.717, 1.165) is 37.3 Å². The molecule has 1 aliphatic carbocycles. The molecule has 1 aromatic carbocycles. The van der Waals surface area contributed by atoms with Crippen LogP contribution < -0.4 is 0 Å². The molecule has 30 heavy (non-hydrogen) atoms. The minimum Gasteiger partial charge on any atom is -0.339 e. The Morgan fingerprint density at radius 3 is 2.23 bits per heavy atom. The van der Waals surface area contributed by atoms with Gasteiger partial charge in [-0.25, -0.2) is 13.4 Å². The largest absolute Gasteiger partial charge is 0.339 e. The van der Waals surface area contributed by atoms with Crippen LogP contribution >= 0.6 is 0 Å². The molecule has 0 radical (unpaired) electrons. The van der Waals surface area contributed by atoms with Crippen LogP contribution in [-0.2, 0) is 10.0 Å². The van der Waals surface area contributed by atoms with Crippen molar-refractivity contribution in [3.63, 3.8) is 0 Å². The summed E-state index contributed by atoms with van der Waals surface area (Å²) in [6, 6.07) is 6.38. The number of nitrogens with zero attached hydrogens (tertiary/aromatic N) is 4. The lowest BCUT2D eigenvalue weighted by Crippen LogP contribution is -2.38. The lowest BCUT2D eigenvalue weighted by molar-refractivity contribution is 0.0711. The van der Waals surface area contributed by atoms with E-state index in [2.05, 4.69) is 15.2 Å². The Morgan fingerprint density at radius 2 is 1.60 bits per heavy atom. The van der Waals surface area contributed by atoms with E-state index in [1.165, 1.54) is 17.1 Å². The van der Waals surface area contributed by atoms with Crippen LogP contribution in [-0.4, -0.2) is 64.9 Å². The molecule has 0 unspecified atom stereocenters. The number of hydrogen-bond donors (Lipinski definition) is 1. The summed E-state index contributed by atoms with van der Waals surface area (Å²) in [5.41, 5.74) is 0.532. The van der Waals surface area contributed by atoms with Crippen molar-refractivity contribution >= 4 is 15.9 Å². The molecule has 0 bridgehead atoms. The third-order valence-corrected chi connectivity index (χ3v) is 8.35. The van der Waals surface area contributed by atoms with Gasteiger partial charge in [0.1, 0.15) is 5.82 Å². The fraction of sp³-hybridized carbons (Fsp3) is 0.571. The number of hydrogen-bond acceptors (Lipinski definition) is 5. The van der Waals surface area contributed by atoms with Crippen LogP contribution in [0.1, 0.15) is 72.4 Å². The predicted octanol–water partition coefficient (Wildman–Crippen LogP) is 2.49. The summed E-state index contributed by atoms with van der Waals surface area (Å²) in [4.78, 5) is 19.7. The first-order chi connectivity index (χ1) is 14.5. The first-order valence-electron chi connectivity index (χ1n) is 10.8. The second-order valence-electron chi connectivity index (χ2n) is 8.56. The highest BCUT2D eigenvalue weighted by Gasteiger charge is 2.31. The first-order valence-corrected chi connectivity index (χ1v) is 12.3. The number of aromatic amines is 1. The van der Waals surface area contributed by atoms with Crippen molar-refractivity contribution in [1.82, 2.24) is 24.4 Å². The molecule has 9 heteroatoms. The Labute approximate surface area is 176 Å². The van der Waals surface area contributed by atoms with Crippen molar-refractivity contribution in [3.05, 3.63) is 41.5 Å². The minimum atomic E-state index is -3.45. The lowest BCUT2D eigenvalue weighted by atomic mass is 9.95. The highest BCUT2D eigenvalue weighted by Crippen LogP contribution is 2.38. The Kier molecular flexibility index (Phi) is 5.10. The van der Waals surface area contributed by atoms with E-state index in [9.17, 15) is 13.2 Å². The molecule has 3 heterocycles. The van der Waals surface area contributed by atoms with Crippen LogP contribution in [0.15, 0.2) is 29.2 Å². The van der Waals surface area contributed by atoms with Crippen molar-refractivity contribution in [2.24, 2.45) is 0 Å². The smallest absolute Gasteiger partial charge is 0.253 e. The molecular formula is C21H27N5O3S. The van der Waals surface area contributed by atoms with Gasteiger partial charge >= 0.3 is 0 Å². The van der Waals surface area contributed by atoms with E-state index < -0.39 is 10.0 Å². The molecule has 1 saturated carbocycles. The zero-order valence-electron chi connectivity index (χ0n) is 17.0. The van der Waals surface area contributed by atoms with Gasteiger partial charge in [0, 0.05) is 43.6 Å². The SMILES string of the molecule is O=C(c1ccc(S(=O)(=O)N2CCCC2)cc1)N1CCC(c2nc(C3CC3)n[nH]2)CC1. The van der Waals surface area contributed by atoms with Gasteiger partial charge in [-0.1, -0.05) is 0 Å². The number of carbonyl (C=O) groups excluding carboxylic acids is 1. The number of aromatic nitrogens is 3. The van der Waals surface area contributed by atoms with Crippen molar-refractivity contribution in [2.45, 2.75) is 55.3 Å².